The third kappa shape index (κ3) is 4.36. The Balaban J connectivity index is 1.71. The summed E-state index contributed by atoms with van der Waals surface area (Å²) in [6, 6.07) is 2.80. The first-order valence-corrected chi connectivity index (χ1v) is 15.0. The standard InChI is InChI=1S/C28H24F11NO3S/c29-18-5-7-19(8-6-18)44(42,43)24-13-14-40(22(41)23(26(31,32)33)11-1-2-12-23)21(24)10-3-16-15-17(4-9-20(16)24)25(30,27(34,35)36)28(37,38)39/h4-9,15,21H,1-3,10-14H2/t21-,24-/m0/s1. The number of aryl methyl sites for hydroxylation is 1. The van der Waals surface area contributed by atoms with Gasteiger partial charge in [0.2, 0.25) is 5.91 Å². The normalized spacial score (nSPS) is 24.2. The lowest BCUT2D eigenvalue weighted by molar-refractivity contribution is -0.348. The molecule has 242 valence electrons. The minimum absolute atomic E-state index is 0.0811. The van der Waals surface area contributed by atoms with Gasteiger partial charge in [-0.05, 0) is 67.5 Å². The van der Waals surface area contributed by atoms with Gasteiger partial charge in [-0.15, -0.1) is 0 Å². The number of carbonyl (C=O) groups is 1. The first-order chi connectivity index (χ1) is 20.1. The number of halogens is 11. The molecule has 16 heteroatoms. The maximum absolute atomic E-state index is 14.9. The molecule has 2 aliphatic carbocycles. The van der Waals surface area contributed by atoms with Crippen molar-refractivity contribution >= 4 is 15.7 Å². The molecule has 3 aliphatic rings. The maximum Gasteiger partial charge on any atom is 0.435 e. The highest BCUT2D eigenvalue weighted by Gasteiger charge is 2.74. The van der Waals surface area contributed by atoms with Crippen LogP contribution in [0.25, 0.3) is 0 Å². The summed E-state index contributed by atoms with van der Waals surface area (Å²) in [5, 5.41) is 0. The predicted octanol–water partition coefficient (Wildman–Crippen LogP) is 7.45. The summed E-state index contributed by atoms with van der Waals surface area (Å²) < 4.78 is 179. The fraction of sp³-hybridized carbons (Fsp3) is 0.536. The maximum atomic E-state index is 14.9. The molecule has 1 heterocycles. The fourth-order valence-corrected chi connectivity index (χ4v) is 9.54. The zero-order valence-corrected chi connectivity index (χ0v) is 23.3. The molecular formula is C28H24F11NO3S. The van der Waals surface area contributed by atoms with Crippen LogP contribution in [-0.4, -0.2) is 50.3 Å². The van der Waals surface area contributed by atoms with E-state index in [2.05, 4.69) is 0 Å². The van der Waals surface area contributed by atoms with Gasteiger partial charge in [-0.25, -0.2) is 17.2 Å². The number of fused-ring (bicyclic) bond motifs is 3. The lowest BCUT2D eigenvalue weighted by Gasteiger charge is -2.45. The number of rotatable bonds is 4. The summed E-state index contributed by atoms with van der Waals surface area (Å²) in [5.41, 5.74) is -11.2. The van der Waals surface area contributed by atoms with E-state index in [0.29, 0.717) is 6.07 Å². The van der Waals surface area contributed by atoms with E-state index in [9.17, 15) is 61.5 Å². The van der Waals surface area contributed by atoms with Crippen molar-refractivity contribution in [3.8, 4) is 0 Å². The van der Waals surface area contributed by atoms with Gasteiger partial charge in [-0.2, -0.15) is 39.5 Å². The van der Waals surface area contributed by atoms with Crippen molar-refractivity contribution in [2.75, 3.05) is 6.54 Å². The molecule has 0 unspecified atom stereocenters. The molecule has 2 fully saturated rings. The van der Waals surface area contributed by atoms with Crippen LogP contribution in [-0.2, 0) is 31.5 Å². The van der Waals surface area contributed by atoms with E-state index >= 15 is 0 Å². The number of hydrogen-bond acceptors (Lipinski definition) is 3. The quantitative estimate of drug-likeness (QED) is 0.252. The van der Waals surface area contributed by atoms with Crippen molar-refractivity contribution in [3.63, 3.8) is 0 Å². The monoisotopic (exact) mass is 663 g/mol. The minimum Gasteiger partial charge on any atom is -0.337 e. The van der Waals surface area contributed by atoms with Crippen LogP contribution in [0.2, 0.25) is 0 Å². The first-order valence-electron chi connectivity index (χ1n) is 13.5. The minimum atomic E-state index is -6.45. The van der Waals surface area contributed by atoms with Crippen LogP contribution >= 0.6 is 0 Å². The largest absolute Gasteiger partial charge is 0.435 e. The average molecular weight is 664 g/mol. The van der Waals surface area contributed by atoms with Gasteiger partial charge in [-0.1, -0.05) is 31.0 Å². The predicted molar refractivity (Wildman–Crippen MR) is 132 cm³/mol. The molecule has 0 radical (unpaired) electrons. The van der Waals surface area contributed by atoms with E-state index in [0.717, 1.165) is 29.2 Å². The van der Waals surface area contributed by atoms with E-state index in [1.807, 2.05) is 0 Å². The van der Waals surface area contributed by atoms with Crippen LogP contribution in [0.3, 0.4) is 0 Å². The van der Waals surface area contributed by atoms with Gasteiger partial charge < -0.3 is 4.90 Å². The molecule has 1 saturated heterocycles. The lowest BCUT2D eigenvalue weighted by Crippen LogP contribution is -2.57. The molecule has 4 nitrogen and oxygen atoms in total. The number of benzene rings is 2. The van der Waals surface area contributed by atoms with E-state index < -0.39 is 117 Å². The Morgan fingerprint density at radius 3 is 1.91 bits per heavy atom. The first kappa shape index (κ1) is 32.5. The van der Waals surface area contributed by atoms with Crippen LogP contribution < -0.4 is 0 Å². The van der Waals surface area contributed by atoms with E-state index in [1.165, 1.54) is 0 Å². The van der Waals surface area contributed by atoms with Gasteiger partial charge >= 0.3 is 24.2 Å². The highest BCUT2D eigenvalue weighted by Crippen LogP contribution is 2.59. The Labute approximate surface area is 244 Å². The Bertz CT molecular complexity index is 1550. The molecule has 1 aliphatic heterocycles. The Hall–Kier alpha value is -2.91. The third-order valence-electron chi connectivity index (χ3n) is 9.34. The summed E-state index contributed by atoms with van der Waals surface area (Å²) in [6.07, 6.45) is -20.3. The van der Waals surface area contributed by atoms with Crippen molar-refractivity contribution in [2.45, 2.75) is 84.8 Å². The van der Waals surface area contributed by atoms with Crippen molar-refractivity contribution in [3.05, 3.63) is 65.0 Å². The van der Waals surface area contributed by atoms with Gasteiger partial charge in [-0.3, -0.25) is 4.79 Å². The molecule has 0 spiro atoms. The van der Waals surface area contributed by atoms with E-state index in [4.69, 9.17) is 0 Å². The van der Waals surface area contributed by atoms with Crippen LogP contribution in [0.5, 0.6) is 0 Å². The smallest absolute Gasteiger partial charge is 0.337 e. The Morgan fingerprint density at radius 2 is 1.39 bits per heavy atom. The second kappa shape index (κ2) is 10.0. The fourth-order valence-electron chi connectivity index (χ4n) is 7.17. The van der Waals surface area contributed by atoms with Gasteiger partial charge in [0.25, 0.3) is 0 Å². The summed E-state index contributed by atoms with van der Waals surface area (Å²) in [4.78, 5) is 14.0. The second-order valence-corrected chi connectivity index (χ2v) is 13.7. The molecular weight excluding hydrogens is 639 g/mol. The van der Waals surface area contributed by atoms with E-state index in [-0.39, 0.29) is 30.5 Å². The highest BCUT2D eigenvalue weighted by molar-refractivity contribution is 7.92. The molecule has 44 heavy (non-hydrogen) atoms. The Kier molecular flexibility index (Phi) is 7.42. The van der Waals surface area contributed by atoms with Gasteiger partial charge in [0.15, 0.2) is 9.84 Å². The summed E-state index contributed by atoms with van der Waals surface area (Å²) in [7, 11) is -4.82. The average Bonchev–Trinajstić information content (AvgIpc) is 3.58. The SMILES string of the molecule is O=C(N1CC[C@]2(S(=O)(=O)c3ccc(F)cc3)c3ccc(C(F)(C(F)(F)F)C(F)(F)F)cc3CC[C@H]12)C1(C(F)(F)F)CCCC1. The van der Waals surface area contributed by atoms with Gasteiger partial charge in [0.1, 0.15) is 16.0 Å². The zero-order chi connectivity index (χ0) is 32.7. The second-order valence-electron chi connectivity index (χ2n) is 11.5. The molecule has 1 amide bonds. The molecule has 0 aromatic heterocycles. The molecule has 2 aromatic rings. The summed E-state index contributed by atoms with van der Waals surface area (Å²) in [6.45, 7) is -0.527. The third-order valence-corrected chi connectivity index (χ3v) is 11.9. The number of nitrogens with zero attached hydrogens (tertiary/aromatic N) is 1. The number of carbonyl (C=O) groups excluding carboxylic acids is 1. The molecule has 0 N–H and O–H groups in total. The molecule has 2 atom stereocenters. The van der Waals surface area contributed by atoms with Crippen LogP contribution in [0, 0.1) is 11.2 Å². The lowest BCUT2D eigenvalue weighted by atomic mass is 9.76. The molecule has 2 aromatic carbocycles. The number of likely N-dealkylation sites (tertiary alicyclic amines) is 1. The van der Waals surface area contributed by atoms with Crippen molar-refractivity contribution in [1.29, 1.82) is 0 Å². The summed E-state index contributed by atoms with van der Waals surface area (Å²) in [5.74, 6) is -2.21. The molecule has 0 bridgehead atoms. The zero-order valence-electron chi connectivity index (χ0n) is 22.5. The highest BCUT2D eigenvalue weighted by atomic mass is 32.2. The number of sulfone groups is 1. The van der Waals surface area contributed by atoms with Crippen LogP contribution in [0.1, 0.15) is 55.2 Å². The van der Waals surface area contributed by atoms with E-state index in [1.54, 1.807) is 0 Å². The van der Waals surface area contributed by atoms with Crippen molar-refractivity contribution in [1.82, 2.24) is 4.90 Å². The molecule has 5 rings (SSSR count). The summed E-state index contributed by atoms with van der Waals surface area (Å²) >= 11 is 0. The topological polar surface area (TPSA) is 54.5 Å². The van der Waals surface area contributed by atoms with Crippen LogP contribution in [0.15, 0.2) is 47.4 Å². The molecule has 1 saturated carbocycles. The van der Waals surface area contributed by atoms with Crippen molar-refractivity contribution < 1.29 is 61.5 Å². The van der Waals surface area contributed by atoms with Crippen LogP contribution in [0.4, 0.5) is 48.3 Å². The van der Waals surface area contributed by atoms with Gasteiger partial charge in [0.05, 0.1) is 10.9 Å². The Morgan fingerprint density at radius 1 is 0.818 bits per heavy atom. The number of amides is 1. The number of hydrogen-bond donors (Lipinski definition) is 0. The van der Waals surface area contributed by atoms with Gasteiger partial charge in [0, 0.05) is 12.1 Å². The van der Waals surface area contributed by atoms with Crippen molar-refractivity contribution in [2.24, 2.45) is 5.41 Å². The number of alkyl halides is 10.